The molecule has 0 aliphatic heterocycles. The molecule has 0 fully saturated rings. The van der Waals surface area contributed by atoms with Crippen LogP contribution in [0.15, 0.2) is 90.0 Å². The Kier molecular flexibility index (Phi) is 5.70. The Balaban J connectivity index is 1.35. The van der Waals surface area contributed by atoms with E-state index in [0.29, 0.717) is 40.4 Å². The van der Waals surface area contributed by atoms with Crippen LogP contribution in [0.5, 0.6) is 0 Å². The lowest BCUT2D eigenvalue weighted by atomic mass is 10.0. The zero-order valence-electron chi connectivity index (χ0n) is 18.3. The van der Waals surface area contributed by atoms with Crippen molar-refractivity contribution in [3.63, 3.8) is 0 Å². The van der Waals surface area contributed by atoms with Crippen LogP contribution in [0.2, 0.25) is 0 Å². The van der Waals surface area contributed by atoms with Gasteiger partial charge in [0.1, 0.15) is 17.3 Å². The van der Waals surface area contributed by atoms with E-state index in [1.54, 1.807) is 43.7 Å². The fourth-order valence-electron chi connectivity index (χ4n) is 3.66. The summed E-state index contributed by atoms with van der Waals surface area (Å²) in [7, 11) is 0. The second-order valence-electron chi connectivity index (χ2n) is 7.69. The summed E-state index contributed by atoms with van der Waals surface area (Å²) in [5, 5.41) is 6.98. The molecular weight excluding hydrogens is 433 g/mol. The summed E-state index contributed by atoms with van der Waals surface area (Å²) in [6.45, 7) is 2.15. The van der Waals surface area contributed by atoms with Gasteiger partial charge >= 0.3 is 0 Å². The van der Waals surface area contributed by atoms with Gasteiger partial charge in [-0.3, -0.25) is 9.78 Å². The van der Waals surface area contributed by atoms with E-state index in [4.69, 9.17) is 4.52 Å². The third kappa shape index (κ3) is 4.33. The van der Waals surface area contributed by atoms with E-state index < -0.39 is 0 Å². The number of hydrogen-bond donors (Lipinski definition) is 1. The lowest BCUT2D eigenvalue weighted by Crippen LogP contribution is -2.23. The van der Waals surface area contributed by atoms with Crippen LogP contribution in [0, 0.1) is 12.7 Å². The highest BCUT2D eigenvalue weighted by Crippen LogP contribution is 2.33. The molecule has 0 bridgehead atoms. The molecule has 1 N–H and O–H groups in total. The van der Waals surface area contributed by atoms with E-state index in [1.165, 1.54) is 12.1 Å². The van der Waals surface area contributed by atoms with Crippen LogP contribution in [-0.4, -0.2) is 25.6 Å². The van der Waals surface area contributed by atoms with Gasteiger partial charge in [0.2, 0.25) is 0 Å². The average Bonchev–Trinajstić information content (AvgIpc) is 3.50. The monoisotopic (exact) mass is 453 g/mol. The van der Waals surface area contributed by atoms with Crippen LogP contribution < -0.4 is 5.32 Å². The molecule has 7 nitrogen and oxygen atoms in total. The fraction of sp³-hybridized carbons (Fsp3) is 0.0769. The summed E-state index contributed by atoms with van der Waals surface area (Å²) in [6.07, 6.45) is 5.21. The molecule has 0 aliphatic carbocycles. The van der Waals surface area contributed by atoms with Gasteiger partial charge in [0, 0.05) is 29.2 Å². The standard InChI is InChI=1S/C26H20FN5O2/c1-17-24(25(31-34-17)19-5-4-6-20(27)13-19)23-15-32(16-30-23)22-10-8-18(9-11-22)26(33)29-14-21-7-2-3-12-28-21/h2-13,15-16H,14H2,1H3,(H,29,33). The molecule has 0 spiro atoms. The van der Waals surface area contributed by atoms with Gasteiger partial charge in [-0.15, -0.1) is 0 Å². The van der Waals surface area contributed by atoms with Crippen LogP contribution in [-0.2, 0) is 6.54 Å². The third-order valence-electron chi connectivity index (χ3n) is 5.38. The zero-order valence-corrected chi connectivity index (χ0v) is 18.3. The molecule has 0 radical (unpaired) electrons. The van der Waals surface area contributed by atoms with Crippen molar-refractivity contribution in [1.29, 1.82) is 0 Å². The second kappa shape index (κ2) is 9.11. The van der Waals surface area contributed by atoms with Gasteiger partial charge in [-0.2, -0.15) is 0 Å². The Morgan fingerprint density at radius 2 is 1.91 bits per heavy atom. The van der Waals surface area contributed by atoms with Gasteiger partial charge in [0.05, 0.1) is 29.8 Å². The summed E-state index contributed by atoms with van der Waals surface area (Å²) in [4.78, 5) is 21.2. The molecule has 34 heavy (non-hydrogen) atoms. The minimum Gasteiger partial charge on any atom is -0.360 e. The van der Waals surface area contributed by atoms with E-state index in [0.717, 1.165) is 11.4 Å². The van der Waals surface area contributed by atoms with Crippen LogP contribution in [0.1, 0.15) is 21.8 Å². The minimum absolute atomic E-state index is 0.177. The molecule has 5 rings (SSSR count). The highest BCUT2D eigenvalue weighted by molar-refractivity contribution is 5.94. The first-order valence-corrected chi connectivity index (χ1v) is 10.6. The summed E-state index contributed by atoms with van der Waals surface area (Å²) >= 11 is 0. The Bertz CT molecular complexity index is 1440. The normalized spacial score (nSPS) is 10.9. The number of aryl methyl sites for hydroxylation is 1. The molecule has 0 saturated carbocycles. The fourth-order valence-corrected chi connectivity index (χ4v) is 3.66. The van der Waals surface area contributed by atoms with E-state index >= 15 is 0 Å². The number of benzene rings is 2. The first-order chi connectivity index (χ1) is 16.6. The molecule has 168 valence electrons. The molecule has 0 atom stereocenters. The Hall–Kier alpha value is -4.59. The highest BCUT2D eigenvalue weighted by Gasteiger charge is 2.19. The summed E-state index contributed by atoms with van der Waals surface area (Å²) < 4.78 is 21.0. The van der Waals surface area contributed by atoms with Gasteiger partial charge in [-0.05, 0) is 55.5 Å². The van der Waals surface area contributed by atoms with Crippen LogP contribution in [0.4, 0.5) is 4.39 Å². The molecular formula is C26H20FN5O2. The van der Waals surface area contributed by atoms with Crippen LogP contribution in [0.25, 0.3) is 28.2 Å². The number of amides is 1. The summed E-state index contributed by atoms with van der Waals surface area (Å²) in [5.41, 5.74) is 4.67. The largest absolute Gasteiger partial charge is 0.360 e. The Morgan fingerprint density at radius 3 is 2.68 bits per heavy atom. The van der Waals surface area contributed by atoms with Gasteiger partial charge in [-0.1, -0.05) is 23.4 Å². The van der Waals surface area contributed by atoms with Crippen molar-refractivity contribution in [1.82, 2.24) is 25.0 Å². The SMILES string of the molecule is Cc1onc(-c2cccc(F)c2)c1-c1cn(-c2ccc(C(=O)NCc3ccccn3)cc2)cn1. The lowest BCUT2D eigenvalue weighted by Gasteiger charge is -2.06. The molecule has 0 saturated heterocycles. The van der Waals surface area contributed by atoms with Gasteiger partial charge in [0.15, 0.2) is 0 Å². The van der Waals surface area contributed by atoms with Crippen molar-refractivity contribution in [2.75, 3.05) is 0 Å². The number of nitrogens with one attached hydrogen (secondary N) is 1. The predicted octanol–water partition coefficient (Wildman–Crippen LogP) is 4.97. The van der Waals surface area contributed by atoms with E-state index in [2.05, 4.69) is 20.4 Å². The van der Waals surface area contributed by atoms with E-state index in [-0.39, 0.29) is 11.7 Å². The van der Waals surface area contributed by atoms with E-state index in [1.807, 2.05) is 41.1 Å². The maximum absolute atomic E-state index is 13.7. The molecule has 3 heterocycles. The lowest BCUT2D eigenvalue weighted by molar-refractivity contribution is 0.0950. The molecule has 0 aliphatic rings. The quantitative estimate of drug-likeness (QED) is 0.392. The molecule has 0 unspecified atom stereocenters. The third-order valence-corrected chi connectivity index (χ3v) is 5.38. The van der Waals surface area contributed by atoms with Gasteiger partial charge in [0.25, 0.3) is 5.91 Å². The number of halogens is 1. The maximum Gasteiger partial charge on any atom is 0.251 e. The van der Waals surface area contributed by atoms with E-state index in [9.17, 15) is 9.18 Å². The zero-order chi connectivity index (χ0) is 23.5. The van der Waals surface area contributed by atoms with Crippen molar-refractivity contribution in [2.24, 2.45) is 0 Å². The van der Waals surface area contributed by atoms with Crippen molar-refractivity contribution in [3.05, 3.63) is 108 Å². The van der Waals surface area contributed by atoms with Crippen molar-refractivity contribution in [3.8, 4) is 28.2 Å². The molecule has 2 aromatic carbocycles. The molecule has 5 aromatic rings. The number of rotatable bonds is 6. The van der Waals surface area contributed by atoms with Gasteiger partial charge in [-0.25, -0.2) is 9.37 Å². The van der Waals surface area contributed by atoms with Crippen molar-refractivity contribution >= 4 is 5.91 Å². The molecule has 3 aromatic heterocycles. The smallest absolute Gasteiger partial charge is 0.251 e. The number of aromatic nitrogens is 4. The van der Waals surface area contributed by atoms with Gasteiger partial charge < -0.3 is 14.4 Å². The molecule has 1 amide bonds. The number of hydrogen-bond acceptors (Lipinski definition) is 5. The number of imidazole rings is 1. The van der Waals surface area contributed by atoms with Crippen molar-refractivity contribution < 1.29 is 13.7 Å². The summed E-state index contributed by atoms with van der Waals surface area (Å²) in [6, 6.07) is 19.0. The van der Waals surface area contributed by atoms with Crippen molar-refractivity contribution in [2.45, 2.75) is 13.5 Å². The number of pyridine rings is 1. The second-order valence-corrected chi connectivity index (χ2v) is 7.69. The maximum atomic E-state index is 13.7. The first kappa shape index (κ1) is 21.3. The number of nitrogens with zero attached hydrogens (tertiary/aromatic N) is 4. The predicted molar refractivity (Wildman–Crippen MR) is 125 cm³/mol. The van der Waals surface area contributed by atoms with Crippen LogP contribution >= 0.6 is 0 Å². The Morgan fingerprint density at radius 1 is 1.06 bits per heavy atom. The average molecular weight is 453 g/mol. The number of carbonyl (C=O) groups excluding carboxylic acids is 1. The minimum atomic E-state index is -0.348. The summed E-state index contributed by atoms with van der Waals surface area (Å²) in [5.74, 6) is 0.0616. The topological polar surface area (TPSA) is 85.8 Å². The molecule has 8 heteroatoms. The highest BCUT2D eigenvalue weighted by atomic mass is 19.1. The number of carbonyl (C=O) groups is 1. The van der Waals surface area contributed by atoms with Crippen LogP contribution in [0.3, 0.4) is 0 Å². The first-order valence-electron chi connectivity index (χ1n) is 10.6. The Labute approximate surface area is 194 Å².